The number of piperidine rings is 1. The molecule has 1 aromatic carbocycles. The first-order valence-corrected chi connectivity index (χ1v) is 7.59. The third kappa shape index (κ3) is 3.66. The number of benzene rings is 1. The van der Waals surface area contributed by atoms with Gasteiger partial charge in [-0.1, -0.05) is 19.9 Å². The molecule has 0 amide bonds. The van der Waals surface area contributed by atoms with E-state index in [2.05, 4.69) is 49.3 Å². The van der Waals surface area contributed by atoms with Gasteiger partial charge in [-0.3, -0.25) is 0 Å². The van der Waals surface area contributed by atoms with Crippen molar-refractivity contribution in [2.45, 2.75) is 26.7 Å². The van der Waals surface area contributed by atoms with E-state index in [1.807, 2.05) is 6.07 Å². The van der Waals surface area contributed by atoms with Crippen LogP contribution in [-0.2, 0) is 0 Å². The molecule has 1 fully saturated rings. The largest absolute Gasteiger partial charge is 0.497 e. The first-order valence-electron chi connectivity index (χ1n) is 7.59. The van der Waals surface area contributed by atoms with Crippen molar-refractivity contribution < 1.29 is 4.74 Å². The van der Waals surface area contributed by atoms with Crippen LogP contribution in [0.5, 0.6) is 5.75 Å². The standard InChI is InChI=1S/C17H28N2O/c1-17(2,14-7-6-10-18-12-14)13-19(3)15-8-5-9-16(11-15)20-4/h5,8-9,11,14,18H,6-7,10,12-13H2,1-4H3. The number of ether oxygens (including phenoxy) is 1. The van der Waals surface area contributed by atoms with Gasteiger partial charge in [-0.2, -0.15) is 0 Å². The molecule has 1 saturated heterocycles. The van der Waals surface area contributed by atoms with Gasteiger partial charge < -0.3 is 15.0 Å². The average Bonchev–Trinajstić information content (AvgIpc) is 2.48. The van der Waals surface area contributed by atoms with Crippen LogP contribution >= 0.6 is 0 Å². The predicted octanol–water partition coefficient (Wildman–Crippen LogP) is 3.16. The topological polar surface area (TPSA) is 24.5 Å². The molecular formula is C17H28N2O. The lowest BCUT2D eigenvalue weighted by Gasteiger charge is -2.40. The molecule has 2 rings (SSSR count). The highest BCUT2D eigenvalue weighted by molar-refractivity contribution is 5.50. The van der Waals surface area contributed by atoms with Crippen molar-refractivity contribution in [3.05, 3.63) is 24.3 Å². The molecule has 0 aromatic heterocycles. The normalized spacial score (nSPS) is 19.7. The predicted molar refractivity (Wildman–Crippen MR) is 85.6 cm³/mol. The Morgan fingerprint density at radius 3 is 2.85 bits per heavy atom. The molecule has 1 aliphatic rings. The van der Waals surface area contributed by atoms with E-state index in [1.54, 1.807) is 7.11 Å². The van der Waals surface area contributed by atoms with E-state index in [9.17, 15) is 0 Å². The molecule has 1 unspecified atom stereocenters. The summed E-state index contributed by atoms with van der Waals surface area (Å²) in [5, 5.41) is 3.53. The Bertz CT molecular complexity index is 425. The molecule has 1 atom stereocenters. The fourth-order valence-corrected chi connectivity index (χ4v) is 3.20. The molecule has 0 aliphatic carbocycles. The first kappa shape index (κ1) is 15.2. The molecule has 3 nitrogen and oxygen atoms in total. The van der Waals surface area contributed by atoms with Gasteiger partial charge in [0.25, 0.3) is 0 Å². The van der Waals surface area contributed by atoms with E-state index < -0.39 is 0 Å². The number of anilines is 1. The third-order valence-corrected chi connectivity index (χ3v) is 4.54. The van der Waals surface area contributed by atoms with Crippen LogP contribution in [0.25, 0.3) is 0 Å². The minimum Gasteiger partial charge on any atom is -0.497 e. The van der Waals surface area contributed by atoms with Crippen LogP contribution in [0.4, 0.5) is 5.69 Å². The molecule has 1 aromatic rings. The minimum absolute atomic E-state index is 0.311. The van der Waals surface area contributed by atoms with E-state index in [-0.39, 0.29) is 0 Å². The second kappa shape index (κ2) is 6.49. The number of hydrogen-bond acceptors (Lipinski definition) is 3. The average molecular weight is 276 g/mol. The maximum atomic E-state index is 5.31. The highest BCUT2D eigenvalue weighted by Gasteiger charge is 2.31. The summed E-state index contributed by atoms with van der Waals surface area (Å²) in [6, 6.07) is 8.31. The van der Waals surface area contributed by atoms with Gasteiger partial charge in [-0.25, -0.2) is 0 Å². The van der Waals surface area contributed by atoms with Crippen molar-refractivity contribution >= 4 is 5.69 Å². The van der Waals surface area contributed by atoms with Gasteiger partial charge in [0.15, 0.2) is 0 Å². The second-order valence-electron chi connectivity index (χ2n) is 6.59. The van der Waals surface area contributed by atoms with Crippen molar-refractivity contribution in [1.29, 1.82) is 0 Å². The van der Waals surface area contributed by atoms with Crippen LogP contribution in [0.3, 0.4) is 0 Å². The fourth-order valence-electron chi connectivity index (χ4n) is 3.20. The monoisotopic (exact) mass is 276 g/mol. The van der Waals surface area contributed by atoms with Crippen LogP contribution in [0, 0.1) is 11.3 Å². The summed E-state index contributed by atoms with van der Waals surface area (Å²) in [5.74, 6) is 1.68. The second-order valence-corrected chi connectivity index (χ2v) is 6.59. The molecule has 1 N–H and O–H groups in total. The van der Waals surface area contributed by atoms with E-state index in [4.69, 9.17) is 4.74 Å². The Kier molecular flexibility index (Phi) is 4.92. The van der Waals surface area contributed by atoms with Gasteiger partial charge in [-0.05, 0) is 49.4 Å². The number of nitrogens with one attached hydrogen (secondary N) is 1. The van der Waals surface area contributed by atoms with E-state index >= 15 is 0 Å². The molecule has 3 heteroatoms. The van der Waals surface area contributed by atoms with E-state index in [0.717, 1.165) is 24.8 Å². The number of nitrogens with zero attached hydrogens (tertiary/aromatic N) is 1. The Morgan fingerprint density at radius 1 is 1.40 bits per heavy atom. The molecule has 20 heavy (non-hydrogen) atoms. The summed E-state index contributed by atoms with van der Waals surface area (Å²) in [4.78, 5) is 2.34. The summed E-state index contributed by atoms with van der Waals surface area (Å²) < 4.78 is 5.31. The number of hydrogen-bond donors (Lipinski definition) is 1. The molecular weight excluding hydrogens is 248 g/mol. The third-order valence-electron chi connectivity index (χ3n) is 4.54. The van der Waals surface area contributed by atoms with Crippen LogP contribution in [0.1, 0.15) is 26.7 Å². The first-order chi connectivity index (χ1) is 9.53. The highest BCUT2D eigenvalue weighted by atomic mass is 16.5. The Labute approximate surface area is 123 Å². The Balaban J connectivity index is 2.03. The van der Waals surface area contributed by atoms with Crippen LogP contribution in [0.2, 0.25) is 0 Å². The molecule has 0 bridgehead atoms. The maximum absolute atomic E-state index is 5.31. The molecule has 1 heterocycles. The summed E-state index contributed by atoms with van der Waals surface area (Å²) >= 11 is 0. The van der Waals surface area contributed by atoms with E-state index in [0.29, 0.717) is 5.41 Å². The highest BCUT2D eigenvalue weighted by Crippen LogP contribution is 2.33. The van der Waals surface area contributed by atoms with E-state index in [1.165, 1.54) is 25.1 Å². The number of methoxy groups -OCH3 is 1. The smallest absolute Gasteiger partial charge is 0.120 e. The van der Waals surface area contributed by atoms with Gasteiger partial charge in [0.05, 0.1) is 7.11 Å². The summed E-state index contributed by atoms with van der Waals surface area (Å²) in [6.07, 6.45) is 2.64. The van der Waals surface area contributed by atoms with Crippen molar-refractivity contribution in [3.8, 4) is 5.75 Å². The van der Waals surface area contributed by atoms with Gasteiger partial charge in [-0.15, -0.1) is 0 Å². The maximum Gasteiger partial charge on any atom is 0.120 e. The lowest BCUT2D eigenvalue weighted by Crippen LogP contribution is -2.44. The zero-order chi connectivity index (χ0) is 14.6. The zero-order valence-electron chi connectivity index (χ0n) is 13.3. The molecule has 0 saturated carbocycles. The summed E-state index contributed by atoms with van der Waals surface area (Å²) in [6.45, 7) is 8.17. The Hall–Kier alpha value is -1.22. The molecule has 112 valence electrons. The zero-order valence-corrected chi connectivity index (χ0v) is 13.3. The quantitative estimate of drug-likeness (QED) is 0.894. The SMILES string of the molecule is COc1cccc(N(C)CC(C)(C)C2CCCNC2)c1. The van der Waals surface area contributed by atoms with Gasteiger partial charge in [0.1, 0.15) is 5.75 Å². The van der Waals surface area contributed by atoms with Crippen LogP contribution < -0.4 is 15.0 Å². The van der Waals surface area contributed by atoms with Crippen molar-refractivity contribution in [2.24, 2.45) is 11.3 Å². The van der Waals surface area contributed by atoms with Gasteiger partial charge in [0.2, 0.25) is 0 Å². The van der Waals surface area contributed by atoms with Crippen LogP contribution in [0.15, 0.2) is 24.3 Å². The van der Waals surface area contributed by atoms with Crippen molar-refractivity contribution in [1.82, 2.24) is 5.32 Å². The van der Waals surface area contributed by atoms with Gasteiger partial charge in [0, 0.05) is 25.3 Å². The lowest BCUT2D eigenvalue weighted by atomic mass is 9.74. The molecule has 0 spiro atoms. The van der Waals surface area contributed by atoms with Gasteiger partial charge >= 0.3 is 0 Å². The van der Waals surface area contributed by atoms with Crippen LogP contribution in [-0.4, -0.2) is 33.8 Å². The molecule has 1 aliphatic heterocycles. The fraction of sp³-hybridized carbons (Fsp3) is 0.647. The molecule has 0 radical (unpaired) electrons. The summed E-state index contributed by atoms with van der Waals surface area (Å²) in [7, 11) is 3.89. The number of rotatable bonds is 5. The van der Waals surface area contributed by atoms with Crippen molar-refractivity contribution in [3.63, 3.8) is 0 Å². The lowest BCUT2D eigenvalue weighted by molar-refractivity contribution is 0.178. The Morgan fingerprint density at radius 2 is 2.20 bits per heavy atom. The summed E-state index contributed by atoms with van der Waals surface area (Å²) in [5.41, 5.74) is 1.53. The minimum atomic E-state index is 0.311. The van der Waals surface area contributed by atoms with Crippen molar-refractivity contribution in [2.75, 3.05) is 38.7 Å².